The van der Waals surface area contributed by atoms with Crippen molar-refractivity contribution in [1.29, 1.82) is 0 Å². The summed E-state index contributed by atoms with van der Waals surface area (Å²) in [5, 5.41) is 0.688. The number of pyridine rings is 1. The quantitative estimate of drug-likeness (QED) is 0.230. The van der Waals surface area contributed by atoms with E-state index in [1.807, 2.05) is 24.3 Å². The number of imidazole rings is 1. The number of aromatic nitrogens is 2. The molecular weight excluding hydrogens is 536 g/mol. The number of hydrogen-bond acceptors (Lipinski definition) is 2. The van der Waals surface area contributed by atoms with Crippen molar-refractivity contribution >= 4 is 45.1 Å². The Labute approximate surface area is 207 Å². The first-order chi connectivity index (χ1) is 16.0. The molecule has 6 heteroatoms. The monoisotopic (exact) mass is 575 g/mol. The molecule has 0 spiro atoms. The Hall–Kier alpha value is -1.53. The van der Waals surface area contributed by atoms with Crippen LogP contribution in [0.15, 0.2) is 42.6 Å². The maximum atomic E-state index is 12.0. The van der Waals surface area contributed by atoms with Crippen LogP contribution in [0.3, 0.4) is 0 Å². The summed E-state index contributed by atoms with van der Waals surface area (Å²) in [5.74, 6) is -0.338. The molecule has 1 aromatic carbocycles. The number of fused-ring (bicyclic) bond motifs is 1. The van der Waals surface area contributed by atoms with E-state index in [2.05, 4.69) is 43.5 Å². The minimum absolute atomic E-state index is 0.171. The summed E-state index contributed by atoms with van der Waals surface area (Å²) in [7, 11) is 0. The van der Waals surface area contributed by atoms with Gasteiger partial charge in [-0.25, -0.2) is 0 Å². The van der Waals surface area contributed by atoms with Crippen LogP contribution in [0, 0.1) is 0 Å². The Morgan fingerprint density at radius 2 is 1.55 bits per heavy atom. The average Bonchev–Trinajstić information content (AvgIpc) is 3.17. The zero-order chi connectivity index (χ0) is 23.8. The van der Waals surface area contributed by atoms with Crippen LogP contribution in [0.4, 0.5) is 0 Å². The molecule has 0 unspecified atom stereocenters. The van der Waals surface area contributed by atoms with Gasteiger partial charge in [-0.2, -0.15) is 0 Å². The van der Waals surface area contributed by atoms with Crippen molar-refractivity contribution in [3.8, 4) is 11.3 Å². The number of benzene rings is 1. The minimum atomic E-state index is -2.74. The fourth-order valence-electron chi connectivity index (χ4n) is 5.03. The van der Waals surface area contributed by atoms with Crippen LogP contribution in [0.25, 0.3) is 16.9 Å². The molecule has 3 rings (SSSR count). The Morgan fingerprint density at radius 3 is 2.06 bits per heavy atom. The molecule has 0 fully saturated rings. The molecular formula is C27H38ClN3OSn. The second-order valence-electron chi connectivity index (χ2n) is 9.26. The van der Waals surface area contributed by atoms with Crippen molar-refractivity contribution in [3.63, 3.8) is 0 Å². The Bertz CT molecular complexity index is 1040. The summed E-state index contributed by atoms with van der Waals surface area (Å²) in [4.78, 5) is 17.2. The molecule has 0 atom stereocenters. The van der Waals surface area contributed by atoms with Gasteiger partial charge in [-0.3, -0.25) is 0 Å². The van der Waals surface area contributed by atoms with Gasteiger partial charge >= 0.3 is 209 Å². The molecule has 4 nitrogen and oxygen atoms in total. The van der Waals surface area contributed by atoms with Crippen molar-refractivity contribution in [2.45, 2.75) is 79.0 Å². The molecule has 0 aliphatic carbocycles. The van der Waals surface area contributed by atoms with Gasteiger partial charge in [-0.1, -0.05) is 0 Å². The van der Waals surface area contributed by atoms with Crippen LogP contribution in [0.1, 0.15) is 65.0 Å². The number of halogens is 1. The maximum absolute atomic E-state index is 12.0. The van der Waals surface area contributed by atoms with E-state index in [0.717, 1.165) is 22.6 Å². The van der Waals surface area contributed by atoms with Gasteiger partial charge in [0, 0.05) is 0 Å². The zero-order valence-electron chi connectivity index (χ0n) is 20.4. The van der Waals surface area contributed by atoms with Gasteiger partial charge in [0.1, 0.15) is 0 Å². The molecule has 1 amide bonds. The Kier molecular flexibility index (Phi) is 9.68. The number of nitrogens with zero attached hydrogens (tertiary/aromatic N) is 2. The van der Waals surface area contributed by atoms with Crippen LogP contribution < -0.4 is 9.31 Å². The van der Waals surface area contributed by atoms with Gasteiger partial charge in [-0.15, -0.1) is 0 Å². The van der Waals surface area contributed by atoms with Gasteiger partial charge in [0.25, 0.3) is 0 Å². The van der Waals surface area contributed by atoms with Gasteiger partial charge in [-0.05, 0) is 0 Å². The van der Waals surface area contributed by atoms with Gasteiger partial charge < -0.3 is 0 Å². The third-order valence-corrected chi connectivity index (χ3v) is 22.7. The van der Waals surface area contributed by atoms with E-state index in [4.69, 9.17) is 22.3 Å². The average molecular weight is 575 g/mol. The van der Waals surface area contributed by atoms with Gasteiger partial charge in [0.15, 0.2) is 0 Å². The fourth-order valence-corrected chi connectivity index (χ4v) is 21.6. The fraction of sp³-hybridized carbons (Fsp3) is 0.481. The summed E-state index contributed by atoms with van der Waals surface area (Å²) in [6.45, 7) is 6.90. The number of rotatable bonds is 13. The number of carbonyl (C=O) groups excluding carboxylic acids is 1. The van der Waals surface area contributed by atoms with E-state index in [0.29, 0.717) is 5.02 Å². The molecule has 2 aromatic heterocycles. The molecule has 0 radical (unpaired) electrons. The predicted octanol–water partition coefficient (Wildman–Crippen LogP) is 6.74. The normalized spacial score (nSPS) is 11.9. The summed E-state index contributed by atoms with van der Waals surface area (Å²) in [6, 6.07) is 12.2. The van der Waals surface area contributed by atoms with Crippen molar-refractivity contribution in [1.82, 2.24) is 9.38 Å². The van der Waals surface area contributed by atoms with Gasteiger partial charge in [0.05, 0.1) is 0 Å². The van der Waals surface area contributed by atoms with Crippen molar-refractivity contribution in [3.05, 3.63) is 53.3 Å². The zero-order valence-corrected chi connectivity index (χ0v) is 24.0. The van der Waals surface area contributed by atoms with Crippen molar-refractivity contribution < 1.29 is 4.79 Å². The Balaban J connectivity index is 2.26. The number of nitrogens with two attached hydrogens (primary N) is 1. The van der Waals surface area contributed by atoms with E-state index in [-0.39, 0.29) is 12.3 Å². The van der Waals surface area contributed by atoms with Gasteiger partial charge in [0.2, 0.25) is 0 Å². The summed E-state index contributed by atoms with van der Waals surface area (Å²) < 4.78 is 7.80. The number of primary amides is 1. The number of carbonyl (C=O) groups is 1. The number of hydrogen-bond donors (Lipinski definition) is 1. The van der Waals surface area contributed by atoms with Crippen LogP contribution in [0.2, 0.25) is 18.3 Å². The summed E-state index contributed by atoms with van der Waals surface area (Å²) in [5.41, 5.74) is 9.43. The third kappa shape index (κ3) is 6.13. The van der Waals surface area contributed by atoms with E-state index in [1.54, 1.807) is 0 Å². The predicted molar refractivity (Wildman–Crippen MR) is 143 cm³/mol. The number of unbranched alkanes of at least 4 members (excludes halogenated alkanes) is 3. The van der Waals surface area contributed by atoms with Crippen LogP contribution >= 0.6 is 11.6 Å². The first-order valence-corrected chi connectivity index (χ1v) is 20.4. The van der Waals surface area contributed by atoms with Crippen molar-refractivity contribution in [2.75, 3.05) is 0 Å². The molecule has 3 aromatic rings. The molecule has 2 heterocycles. The second-order valence-corrected chi connectivity index (χ2v) is 22.8. The summed E-state index contributed by atoms with van der Waals surface area (Å²) >= 11 is 3.40. The molecule has 0 aliphatic heterocycles. The summed E-state index contributed by atoms with van der Waals surface area (Å²) in [6.07, 6.45) is 9.81. The van der Waals surface area contributed by atoms with Crippen LogP contribution in [0.5, 0.6) is 0 Å². The molecule has 178 valence electrons. The SMILES string of the molecule is CCC[CH2][Sn]([CH2]CCC)([CH2]CCC)[c]1cccn2c(CC(N)=O)c(-c3ccc(Cl)cc3)nc12. The van der Waals surface area contributed by atoms with Crippen LogP contribution in [-0.4, -0.2) is 33.7 Å². The molecule has 2 N–H and O–H groups in total. The third-order valence-electron chi connectivity index (χ3n) is 6.81. The first-order valence-electron chi connectivity index (χ1n) is 12.5. The first kappa shape index (κ1) is 26.1. The van der Waals surface area contributed by atoms with Crippen LogP contribution in [-0.2, 0) is 11.2 Å². The second kappa shape index (κ2) is 12.3. The van der Waals surface area contributed by atoms with E-state index >= 15 is 0 Å². The van der Waals surface area contributed by atoms with E-state index < -0.39 is 18.4 Å². The van der Waals surface area contributed by atoms with Crippen molar-refractivity contribution in [2.24, 2.45) is 5.73 Å². The topological polar surface area (TPSA) is 60.4 Å². The molecule has 33 heavy (non-hydrogen) atoms. The van der Waals surface area contributed by atoms with E-state index in [9.17, 15) is 4.79 Å². The number of amides is 1. The molecule has 0 aliphatic rings. The molecule has 0 bridgehead atoms. The standard InChI is InChI=1S/C15H11ClN3O.3C4H9.Sn/c16-11-6-4-10(5-7-11)15-12(9-13(17)20)19-8-2-1-3-14(19)18-15;3*1-3-4-2;/h1-2,4-8H,9H2,(H2,17,20);3*1,3-4H2,2H3;. The van der Waals surface area contributed by atoms with E-state index in [1.165, 1.54) is 55.4 Å². The molecule has 0 saturated carbocycles. The molecule has 0 saturated heterocycles. The Morgan fingerprint density at radius 1 is 0.970 bits per heavy atom.